The van der Waals surface area contributed by atoms with Gasteiger partial charge in [-0.3, -0.25) is 9.78 Å². The van der Waals surface area contributed by atoms with Crippen molar-refractivity contribution in [2.24, 2.45) is 0 Å². The number of halogens is 3. The number of carbonyl (C=O) groups is 1. The number of benzene rings is 3. The van der Waals surface area contributed by atoms with Crippen LogP contribution in [-0.4, -0.2) is 29.0 Å². The van der Waals surface area contributed by atoms with Crippen molar-refractivity contribution >= 4 is 17.3 Å². The van der Waals surface area contributed by atoms with Crippen LogP contribution < -0.4 is 14.3 Å². The van der Waals surface area contributed by atoms with E-state index in [2.05, 4.69) is 9.72 Å². The summed E-state index contributed by atoms with van der Waals surface area (Å²) in [5.41, 5.74) is 1.54. The molecule has 0 saturated carbocycles. The van der Waals surface area contributed by atoms with Crippen LogP contribution in [0.2, 0.25) is 0 Å². The minimum absolute atomic E-state index is 0.113. The fraction of sp³-hybridized carbons (Fsp3) is 0.154. The molecule has 4 aromatic rings. The van der Waals surface area contributed by atoms with E-state index in [0.29, 0.717) is 28.2 Å². The molecule has 0 aliphatic carbocycles. The van der Waals surface area contributed by atoms with Gasteiger partial charge in [0.05, 0.1) is 10.4 Å². The number of hydrogen-bond donors (Lipinski definition) is 2. The van der Waals surface area contributed by atoms with Crippen molar-refractivity contribution in [1.82, 2.24) is 4.98 Å². The highest BCUT2D eigenvalue weighted by atomic mass is 32.1. The minimum Gasteiger partial charge on any atom is -0.494 e. The number of rotatable bonds is 9. The van der Waals surface area contributed by atoms with Crippen LogP contribution in [0, 0.1) is 0 Å². The first-order chi connectivity index (χ1) is 17.7. The van der Waals surface area contributed by atoms with Crippen LogP contribution in [-0.2, 0) is 11.2 Å². The first-order valence-electron chi connectivity index (χ1n) is 10.9. The minimum atomic E-state index is -4.83. The van der Waals surface area contributed by atoms with Gasteiger partial charge in [-0.1, -0.05) is 53.8 Å². The molecule has 1 atom stereocenters. The summed E-state index contributed by atoms with van der Waals surface area (Å²) in [6.07, 6.45) is -5.41. The van der Waals surface area contributed by atoms with Gasteiger partial charge >= 0.3 is 17.2 Å². The Kier molecular flexibility index (Phi) is 7.83. The number of aromatic hydroxyl groups is 1. The number of carbonyl (C=O) groups excluding carboxylic acids is 1. The molecule has 0 unspecified atom stereocenters. The molecule has 0 aliphatic heterocycles. The molecule has 0 radical (unpaired) electrons. The normalized spacial score (nSPS) is 12.1. The second-order valence-corrected chi connectivity index (χ2v) is 8.86. The quantitative estimate of drug-likeness (QED) is 0.273. The molecule has 0 saturated heterocycles. The van der Waals surface area contributed by atoms with Gasteiger partial charge in [0.15, 0.2) is 6.10 Å². The molecule has 0 fully saturated rings. The molecule has 3 aromatic carbocycles. The molecule has 37 heavy (non-hydrogen) atoms. The number of ether oxygens (including phenoxy) is 3. The summed E-state index contributed by atoms with van der Waals surface area (Å²) < 4.78 is 52.8. The van der Waals surface area contributed by atoms with Crippen LogP contribution in [0.15, 0.2) is 83.7 Å². The second-order valence-electron chi connectivity index (χ2n) is 7.79. The molecule has 2 N–H and O–H groups in total. The molecule has 0 spiro atoms. The van der Waals surface area contributed by atoms with E-state index in [1.807, 2.05) is 0 Å². The first kappa shape index (κ1) is 25.8. The fourth-order valence-corrected chi connectivity index (χ4v) is 4.14. The predicted octanol–water partition coefficient (Wildman–Crippen LogP) is 5.61. The van der Waals surface area contributed by atoms with E-state index in [1.54, 1.807) is 54.6 Å². The molecule has 11 heteroatoms. The third-order valence-electron chi connectivity index (χ3n) is 5.13. The van der Waals surface area contributed by atoms with Crippen LogP contribution in [0.3, 0.4) is 0 Å². The van der Waals surface area contributed by atoms with Gasteiger partial charge in [0.2, 0.25) is 5.88 Å². The molecule has 4 rings (SSSR count). The summed E-state index contributed by atoms with van der Waals surface area (Å²) in [6, 6.07) is 20.1. The van der Waals surface area contributed by atoms with Gasteiger partial charge in [-0.25, -0.2) is 4.79 Å². The molecule has 192 valence electrons. The summed E-state index contributed by atoms with van der Waals surface area (Å²) >= 11 is 0.921. The van der Waals surface area contributed by atoms with E-state index < -0.39 is 24.2 Å². The number of esters is 1. The smallest absolute Gasteiger partial charge is 0.494 e. The highest BCUT2D eigenvalue weighted by Gasteiger charge is 2.31. The molecule has 1 heterocycles. The van der Waals surface area contributed by atoms with Gasteiger partial charge in [0.1, 0.15) is 18.1 Å². The third-order valence-corrected chi connectivity index (χ3v) is 6.01. The van der Waals surface area contributed by atoms with Crippen molar-refractivity contribution in [2.45, 2.75) is 18.9 Å². The van der Waals surface area contributed by atoms with Gasteiger partial charge < -0.3 is 19.3 Å². The highest BCUT2D eigenvalue weighted by molar-refractivity contribution is 7.09. The molecular weight excluding hydrogens is 511 g/mol. The molecule has 0 amide bonds. The maximum atomic E-state index is 12.6. The van der Waals surface area contributed by atoms with Crippen LogP contribution in [0.25, 0.3) is 0 Å². The van der Waals surface area contributed by atoms with Crippen LogP contribution in [0.4, 0.5) is 13.2 Å². The number of thiazole rings is 1. The van der Waals surface area contributed by atoms with Crippen LogP contribution in [0.5, 0.6) is 17.4 Å². The molecule has 1 aromatic heterocycles. The average molecular weight is 532 g/mol. The lowest BCUT2D eigenvalue weighted by molar-refractivity contribution is -0.274. The summed E-state index contributed by atoms with van der Waals surface area (Å²) in [5, 5.41) is 9.75. The lowest BCUT2D eigenvalue weighted by Crippen LogP contribution is -2.19. The summed E-state index contributed by atoms with van der Waals surface area (Å²) in [5.74, 6) is -0.733. The van der Waals surface area contributed by atoms with Crippen LogP contribution >= 0.6 is 11.3 Å². The van der Waals surface area contributed by atoms with E-state index in [-0.39, 0.29) is 17.4 Å². The van der Waals surface area contributed by atoms with Crippen molar-refractivity contribution < 1.29 is 37.3 Å². The number of aromatic amines is 1. The predicted molar refractivity (Wildman–Crippen MR) is 129 cm³/mol. The van der Waals surface area contributed by atoms with Gasteiger partial charge in [-0.05, 0) is 47.5 Å². The van der Waals surface area contributed by atoms with E-state index >= 15 is 0 Å². The van der Waals surface area contributed by atoms with E-state index in [4.69, 9.17) is 9.47 Å². The van der Waals surface area contributed by atoms with Crippen molar-refractivity contribution in [3.8, 4) is 17.4 Å². The fourth-order valence-electron chi connectivity index (χ4n) is 3.39. The number of H-pyrrole nitrogens is 1. The number of hydrogen-bond acceptors (Lipinski definition) is 7. The summed E-state index contributed by atoms with van der Waals surface area (Å²) in [6.45, 7) is -0.113. The standard InChI is InChI=1S/C26H20F3NO6S/c27-26(28,29)36-20-12-8-17(9-13-20)21(35-24(32)18-4-2-1-3-5-18)15-34-19-10-6-16(7-11-19)14-22-23(31)30-25(33)37-22/h1-13,21,31H,14-15H2,(H,30,33)/t21-/m0/s1. The largest absolute Gasteiger partial charge is 0.573 e. The highest BCUT2D eigenvalue weighted by Crippen LogP contribution is 2.27. The third kappa shape index (κ3) is 7.37. The Balaban J connectivity index is 1.46. The number of alkyl halides is 3. The average Bonchev–Trinajstić information content (AvgIpc) is 3.18. The van der Waals surface area contributed by atoms with E-state index in [9.17, 15) is 27.9 Å². The Labute approximate surface area is 212 Å². The molecule has 7 nitrogen and oxygen atoms in total. The zero-order valence-electron chi connectivity index (χ0n) is 19.0. The van der Waals surface area contributed by atoms with Gasteiger partial charge in [0.25, 0.3) is 0 Å². The van der Waals surface area contributed by atoms with Gasteiger partial charge in [-0.2, -0.15) is 0 Å². The monoisotopic (exact) mass is 531 g/mol. The lowest BCUT2D eigenvalue weighted by atomic mass is 10.1. The summed E-state index contributed by atoms with van der Waals surface area (Å²) in [7, 11) is 0. The maximum absolute atomic E-state index is 12.6. The van der Waals surface area contributed by atoms with Crippen molar-refractivity contribution in [3.63, 3.8) is 0 Å². The zero-order valence-corrected chi connectivity index (χ0v) is 19.8. The number of aromatic nitrogens is 1. The van der Waals surface area contributed by atoms with Crippen molar-refractivity contribution in [1.29, 1.82) is 0 Å². The first-order valence-corrected chi connectivity index (χ1v) is 11.7. The van der Waals surface area contributed by atoms with Gasteiger partial charge in [-0.15, -0.1) is 13.2 Å². The van der Waals surface area contributed by atoms with Crippen molar-refractivity contribution in [2.75, 3.05) is 6.61 Å². The topological polar surface area (TPSA) is 97.9 Å². The number of nitrogens with one attached hydrogen (secondary N) is 1. The Hall–Kier alpha value is -4.25. The Morgan fingerprint density at radius 1 is 0.946 bits per heavy atom. The Bertz CT molecular complexity index is 1380. The van der Waals surface area contributed by atoms with Crippen LogP contribution in [0.1, 0.15) is 32.5 Å². The van der Waals surface area contributed by atoms with Gasteiger partial charge in [0, 0.05) is 6.42 Å². The van der Waals surface area contributed by atoms with Crippen molar-refractivity contribution in [3.05, 3.63) is 110 Å². The zero-order chi connectivity index (χ0) is 26.4. The SMILES string of the molecule is O=C(O[C@@H](COc1ccc(Cc2sc(=O)[nH]c2O)cc1)c1ccc(OC(F)(F)F)cc1)c1ccccc1. The lowest BCUT2D eigenvalue weighted by Gasteiger charge is -2.20. The van der Waals surface area contributed by atoms with E-state index in [1.165, 1.54) is 12.1 Å². The Morgan fingerprint density at radius 3 is 2.19 bits per heavy atom. The molecule has 0 bridgehead atoms. The maximum Gasteiger partial charge on any atom is 0.573 e. The Morgan fingerprint density at radius 2 is 1.59 bits per heavy atom. The van der Waals surface area contributed by atoms with E-state index in [0.717, 1.165) is 29.0 Å². The molecule has 0 aliphatic rings. The summed E-state index contributed by atoms with van der Waals surface area (Å²) in [4.78, 5) is 26.5. The molecular formula is C26H20F3NO6S. The second kappa shape index (κ2) is 11.2.